The average Bonchev–Trinajstić information content (AvgIpc) is 3.11. The first-order chi connectivity index (χ1) is 16.0. The SMILES string of the molecule is COc1cc([N+](=O)[O-])ccc1N1C(=O)/C(=C/c2ccc(OCc3ccccc3)cc2)N=C1C. The molecule has 0 atom stereocenters. The van der Waals surface area contributed by atoms with Crippen LogP contribution in [0.2, 0.25) is 0 Å². The summed E-state index contributed by atoms with van der Waals surface area (Å²) in [6.07, 6.45) is 1.69. The molecule has 4 rings (SSSR count). The second-order valence-corrected chi connectivity index (χ2v) is 7.29. The van der Waals surface area contributed by atoms with Crippen LogP contribution >= 0.6 is 0 Å². The topological polar surface area (TPSA) is 94.3 Å². The molecule has 1 aliphatic heterocycles. The number of nitro benzene ring substituents is 1. The summed E-state index contributed by atoms with van der Waals surface area (Å²) in [5.74, 6) is 1.04. The molecule has 0 unspecified atom stereocenters. The first-order valence-electron chi connectivity index (χ1n) is 10.2. The summed E-state index contributed by atoms with van der Waals surface area (Å²) < 4.78 is 11.1. The molecule has 0 saturated heterocycles. The Morgan fingerprint density at radius 1 is 1.06 bits per heavy atom. The van der Waals surface area contributed by atoms with Gasteiger partial charge in [-0.05, 0) is 42.3 Å². The van der Waals surface area contributed by atoms with Crippen LogP contribution in [0.15, 0.2) is 83.5 Å². The van der Waals surface area contributed by atoms with Crippen LogP contribution < -0.4 is 14.4 Å². The second-order valence-electron chi connectivity index (χ2n) is 7.29. The second kappa shape index (κ2) is 9.35. The van der Waals surface area contributed by atoms with Crippen LogP contribution in [-0.4, -0.2) is 23.8 Å². The predicted molar refractivity (Wildman–Crippen MR) is 125 cm³/mol. The van der Waals surface area contributed by atoms with Gasteiger partial charge in [0.05, 0.1) is 23.8 Å². The van der Waals surface area contributed by atoms with E-state index < -0.39 is 4.92 Å². The van der Waals surface area contributed by atoms with Crippen LogP contribution in [0.25, 0.3) is 6.08 Å². The van der Waals surface area contributed by atoms with Gasteiger partial charge in [-0.1, -0.05) is 42.5 Å². The van der Waals surface area contributed by atoms with Gasteiger partial charge in [-0.15, -0.1) is 0 Å². The number of non-ortho nitro benzene ring substituents is 1. The molecule has 1 heterocycles. The molecule has 1 aliphatic rings. The van der Waals surface area contributed by atoms with Gasteiger partial charge in [0, 0.05) is 6.07 Å². The van der Waals surface area contributed by atoms with E-state index in [9.17, 15) is 14.9 Å². The fraction of sp³-hybridized carbons (Fsp3) is 0.120. The molecule has 1 amide bonds. The molecule has 0 aliphatic carbocycles. The van der Waals surface area contributed by atoms with Crippen molar-refractivity contribution >= 4 is 29.2 Å². The largest absolute Gasteiger partial charge is 0.494 e. The normalized spacial score (nSPS) is 14.4. The highest BCUT2D eigenvalue weighted by atomic mass is 16.6. The number of hydrogen-bond acceptors (Lipinski definition) is 6. The van der Waals surface area contributed by atoms with Crippen LogP contribution in [0, 0.1) is 10.1 Å². The van der Waals surface area contributed by atoms with Gasteiger partial charge in [-0.3, -0.25) is 19.8 Å². The van der Waals surface area contributed by atoms with E-state index in [1.807, 2.05) is 54.6 Å². The van der Waals surface area contributed by atoms with Crippen LogP contribution in [0.1, 0.15) is 18.1 Å². The number of nitro groups is 1. The Morgan fingerprint density at radius 3 is 2.45 bits per heavy atom. The number of carbonyl (C=O) groups is 1. The number of methoxy groups -OCH3 is 1. The Hall–Kier alpha value is -4.46. The van der Waals surface area contributed by atoms with Gasteiger partial charge < -0.3 is 9.47 Å². The molecule has 3 aromatic rings. The summed E-state index contributed by atoms with van der Waals surface area (Å²) >= 11 is 0. The zero-order chi connectivity index (χ0) is 23.4. The van der Waals surface area contributed by atoms with Crippen molar-refractivity contribution in [3.8, 4) is 11.5 Å². The molecule has 0 spiro atoms. The van der Waals surface area contributed by atoms with Crippen molar-refractivity contribution in [2.24, 2.45) is 4.99 Å². The Balaban J connectivity index is 1.51. The summed E-state index contributed by atoms with van der Waals surface area (Å²) in [6, 6.07) is 21.3. The van der Waals surface area contributed by atoms with Crippen molar-refractivity contribution in [2.45, 2.75) is 13.5 Å². The number of amidine groups is 1. The minimum Gasteiger partial charge on any atom is -0.494 e. The number of rotatable bonds is 7. The number of amides is 1. The highest BCUT2D eigenvalue weighted by molar-refractivity contribution is 6.28. The van der Waals surface area contributed by atoms with E-state index in [0.29, 0.717) is 18.1 Å². The molecular formula is C25H21N3O5. The molecule has 0 fully saturated rings. The van der Waals surface area contributed by atoms with Gasteiger partial charge in [0.1, 0.15) is 29.6 Å². The van der Waals surface area contributed by atoms with Crippen LogP contribution in [0.5, 0.6) is 11.5 Å². The van der Waals surface area contributed by atoms with Crippen molar-refractivity contribution in [3.05, 3.63) is 99.7 Å². The molecule has 0 bridgehead atoms. The van der Waals surface area contributed by atoms with E-state index in [1.165, 1.54) is 30.2 Å². The minimum absolute atomic E-state index is 0.123. The molecule has 3 aromatic carbocycles. The summed E-state index contributed by atoms with van der Waals surface area (Å²) in [6.45, 7) is 2.16. The molecule has 8 heteroatoms. The maximum Gasteiger partial charge on any atom is 0.282 e. The smallest absolute Gasteiger partial charge is 0.282 e. The maximum absolute atomic E-state index is 13.1. The van der Waals surface area contributed by atoms with E-state index in [4.69, 9.17) is 9.47 Å². The molecule has 0 radical (unpaired) electrons. The number of nitrogens with zero attached hydrogens (tertiary/aromatic N) is 3. The lowest BCUT2D eigenvalue weighted by Gasteiger charge is -2.18. The zero-order valence-corrected chi connectivity index (χ0v) is 18.1. The Kier molecular flexibility index (Phi) is 6.17. The Bertz CT molecular complexity index is 1250. The highest BCUT2D eigenvalue weighted by Crippen LogP contribution is 2.35. The van der Waals surface area contributed by atoms with E-state index in [2.05, 4.69) is 4.99 Å². The lowest BCUT2D eigenvalue weighted by Crippen LogP contribution is -2.30. The maximum atomic E-state index is 13.1. The third kappa shape index (κ3) is 4.74. The van der Waals surface area contributed by atoms with Gasteiger partial charge >= 0.3 is 0 Å². The van der Waals surface area contributed by atoms with Gasteiger partial charge in [0.2, 0.25) is 0 Å². The van der Waals surface area contributed by atoms with Gasteiger partial charge in [-0.2, -0.15) is 0 Å². The lowest BCUT2D eigenvalue weighted by molar-refractivity contribution is -0.384. The quantitative estimate of drug-likeness (QED) is 0.291. The zero-order valence-electron chi connectivity index (χ0n) is 18.1. The lowest BCUT2D eigenvalue weighted by atomic mass is 10.1. The van der Waals surface area contributed by atoms with Crippen molar-refractivity contribution in [1.29, 1.82) is 0 Å². The van der Waals surface area contributed by atoms with E-state index in [0.717, 1.165) is 16.9 Å². The van der Waals surface area contributed by atoms with E-state index in [1.54, 1.807) is 13.0 Å². The Labute approximate surface area is 190 Å². The summed E-state index contributed by atoms with van der Waals surface area (Å²) in [5, 5.41) is 11.1. The summed E-state index contributed by atoms with van der Waals surface area (Å²) in [5.41, 5.74) is 2.39. The molecule has 0 aromatic heterocycles. The molecule has 0 saturated carbocycles. The fourth-order valence-corrected chi connectivity index (χ4v) is 3.44. The summed E-state index contributed by atoms with van der Waals surface area (Å²) in [4.78, 5) is 29.4. The molecule has 0 N–H and O–H groups in total. The van der Waals surface area contributed by atoms with Crippen LogP contribution in [-0.2, 0) is 11.4 Å². The number of carbonyl (C=O) groups excluding carboxylic acids is 1. The van der Waals surface area contributed by atoms with Gasteiger partial charge in [0.25, 0.3) is 11.6 Å². The Morgan fingerprint density at radius 2 is 1.79 bits per heavy atom. The standard InChI is InChI=1S/C25H21N3O5/c1-17-26-22(25(29)27(17)23-13-10-20(28(30)31)15-24(23)32-2)14-18-8-11-21(12-9-18)33-16-19-6-4-3-5-7-19/h3-15H,16H2,1-2H3/b22-14-. The van der Waals surface area contributed by atoms with Crippen molar-refractivity contribution in [2.75, 3.05) is 12.0 Å². The third-order valence-corrected chi connectivity index (χ3v) is 5.07. The van der Waals surface area contributed by atoms with Crippen LogP contribution in [0.4, 0.5) is 11.4 Å². The van der Waals surface area contributed by atoms with E-state index >= 15 is 0 Å². The monoisotopic (exact) mass is 443 g/mol. The van der Waals surface area contributed by atoms with Crippen molar-refractivity contribution in [1.82, 2.24) is 0 Å². The molecule has 8 nitrogen and oxygen atoms in total. The highest BCUT2D eigenvalue weighted by Gasteiger charge is 2.31. The number of anilines is 1. The predicted octanol–water partition coefficient (Wildman–Crippen LogP) is 4.99. The third-order valence-electron chi connectivity index (χ3n) is 5.07. The molecular weight excluding hydrogens is 422 g/mol. The van der Waals surface area contributed by atoms with Crippen molar-refractivity contribution in [3.63, 3.8) is 0 Å². The first kappa shape index (κ1) is 21.8. The fourth-order valence-electron chi connectivity index (χ4n) is 3.44. The number of benzene rings is 3. The number of hydrogen-bond donors (Lipinski definition) is 0. The molecule has 33 heavy (non-hydrogen) atoms. The average molecular weight is 443 g/mol. The van der Waals surface area contributed by atoms with Crippen LogP contribution in [0.3, 0.4) is 0 Å². The minimum atomic E-state index is -0.516. The van der Waals surface area contributed by atoms with Gasteiger partial charge in [-0.25, -0.2) is 4.99 Å². The molecule has 166 valence electrons. The van der Waals surface area contributed by atoms with Gasteiger partial charge in [0.15, 0.2) is 0 Å². The van der Waals surface area contributed by atoms with E-state index in [-0.39, 0.29) is 23.0 Å². The first-order valence-corrected chi connectivity index (χ1v) is 10.2. The number of ether oxygens (including phenoxy) is 2. The number of aliphatic imine (C=N–C) groups is 1. The van der Waals surface area contributed by atoms with Crippen molar-refractivity contribution < 1.29 is 19.2 Å². The summed E-state index contributed by atoms with van der Waals surface area (Å²) in [7, 11) is 1.40.